The minimum Gasteiger partial charge on any atom is -0.300 e. The molecule has 1 heterocycles. The summed E-state index contributed by atoms with van der Waals surface area (Å²) in [4.78, 5) is 17.2. The van der Waals surface area contributed by atoms with Gasteiger partial charge in [-0.2, -0.15) is 0 Å². The number of aryl methyl sites for hydroxylation is 1. The summed E-state index contributed by atoms with van der Waals surface area (Å²) < 4.78 is 1.00. The Labute approximate surface area is 148 Å². The van der Waals surface area contributed by atoms with Crippen molar-refractivity contribution in [1.29, 1.82) is 0 Å². The van der Waals surface area contributed by atoms with Gasteiger partial charge in [0, 0.05) is 4.47 Å². The van der Waals surface area contributed by atoms with E-state index in [0.717, 1.165) is 22.1 Å². The molecule has 2 aromatic carbocycles. The molecule has 116 valence electrons. The number of halogens is 1. The molecule has 3 rings (SSSR count). The van der Waals surface area contributed by atoms with Crippen LogP contribution in [0.5, 0.6) is 0 Å². The summed E-state index contributed by atoms with van der Waals surface area (Å²) in [6, 6.07) is 15.9. The van der Waals surface area contributed by atoms with Gasteiger partial charge in [-0.25, -0.2) is 4.99 Å². The fourth-order valence-electron chi connectivity index (χ4n) is 2.11. The van der Waals surface area contributed by atoms with Gasteiger partial charge in [0.25, 0.3) is 5.91 Å². The predicted molar refractivity (Wildman–Crippen MR) is 101 cm³/mol. The van der Waals surface area contributed by atoms with Crippen LogP contribution < -0.4 is 5.32 Å². The Morgan fingerprint density at radius 1 is 1.13 bits per heavy atom. The highest BCUT2D eigenvalue weighted by atomic mass is 79.9. The second kappa shape index (κ2) is 7.15. The third kappa shape index (κ3) is 4.12. The van der Waals surface area contributed by atoms with Gasteiger partial charge in [-0.15, -0.1) is 0 Å². The number of amides is 1. The molecule has 1 fully saturated rings. The average Bonchev–Trinajstić information content (AvgIpc) is 2.90. The molecule has 0 saturated carbocycles. The number of hydrogen-bond donors (Lipinski definition) is 1. The Morgan fingerprint density at radius 3 is 2.48 bits per heavy atom. The van der Waals surface area contributed by atoms with Gasteiger partial charge in [-0.05, 0) is 59.7 Å². The number of carbonyl (C=O) groups excluding carboxylic acids is 1. The monoisotopic (exact) mass is 386 g/mol. The second-order valence-corrected chi connectivity index (χ2v) is 7.00. The van der Waals surface area contributed by atoms with E-state index in [4.69, 9.17) is 0 Å². The fourth-order valence-corrected chi connectivity index (χ4v) is 3.22. The number of carbonyl (C=O) groups is 1. The molecule has 0 unspecified atom stereocenters. The molecule has 0 atom stereocenters. The molecule has 0 aromatic heterocycles. The Hall–Kier alpha value is -1.85. The summed E-state index contributed by atoms with van der Waals surface area (Å²) in [5, 5.41) is 3.41. The molecule has 1 saturated heterocycles. The first kappa shape index (κ1) is 16.0. The van der Waals surface area contributed by atoms with Crippen molar-refractivity contribution >= 4 is 50.5 Å². The van der Waals surface area contributed by atoms with E-state index in [1.807, 2.05) is 42.5 Å². The van der Waals surface area contributed by atoms with Gasteiger partial charge in [0.05, 0.1) is 10.6 Å². The molecule has 0 aliphatic carbocycles. The first-order valence-corrected chi connectivity index (χ1v) is 8.89. The van der Waals surface area contributed by atoms with Crippen molar-refractivity contribution in [3.8, 4) is 0 Å². The van der Waals surface area contributed by atoms with Gasteiger partial charge < -0.3 is 5.32 Å². The van der Waals surface area contributed by atoms with Crippen LogP contribution in [0.25, 0.3) is 6.08 Å². The minimum absolute atomic E-state index is 0.106. The standard InChI is InChI=1S/C18H15BrN2OS/c1-2-12-3-5-13(6-4-12)11-16-17(22)21-18(23-16)20-15-9-7-14(19)8-10-15/h3-11H,2H2,1H3,(H,20,21,22)/b16-11-. The minimum atomic E-state index is -0.106. The van der Waals surface area contributed by atoms with Gasteiger partial charge in [-0.1, -0.05) is 47.1 Å². The maximum absolute atomic E-state index is 12.1. The van der Waals surface area contributed by atoms with Crippen LogP contribution in [0, 0.1) is 0 Å². The smallest absolute Gasteiger partial charge is 0.264 e. The molecule has 1 aliphatic rings. The third-order valence-electron chi connectivity index (χ3n) is 3.39. The van der Waals surface area contributed by atoms with Crippen molar-refractivity contribution in [3.05, 3.63) is 69.0 Å². The summed E-state index contributed by atoms with van der Waals surface area (Å²) in [6.45, 7) is 2.12. The summed E-state index contributed by atoms with van der Waals surface area (Å²) in [6.07, 6.45) is 2.90. The Kier molecular flexibility index (Phi) is 4.98. The molecule has 2 aromatic rings. The van der Waals surface area contributed by atoms with Crippen LogP contribution in [0.1, 0.15) is 18.1 Å². The number of aliphatic imine (C=N–C) groups is 1. The number of benzene rings is 2. The first-order chi connectivity index (χ1) is 11.1. The van der Waals surface area contributed by atoms with Crippen molar-refractivity contribution < 1.29 is 4.79 Å². The normalized spacial score (nSPS) is 17.7. The summed E-state index contributed by atoms with van der Waals surface area (Å²) >= 11 is 4.75. The van der Waals surface area contributed by atoms with Crippen LogP contribution in [-0.4, -0.2) is 11.1 Å². The van der Waals surface area contributed by atoms with Gasteiger partial charge in [0.15, 0.2) is 5.17 Å². The van der Waals surface area contributed by atoms with E-state index in [9.17, 15) is 4.79 Å². The number of nitrogens with one attached hydrogen (secondary N) is 1. The number of amidine groups is 1. The van der Waals surface area contributed by atoms with Crippen molar-refractivity contribution in [3.63, 3.8) is 0 Å². The third-order valence-corrected chi connectivity index (χ3v) is 4.83. The SMILES string of the molecule is CCc1ccc(/C=C2\SC(=Nc3ccc(Br)cc3)NC2=O)cc1. The lowest BCUT2D eigenvalue weighted by atomic mass is 10.1. The molecule has 0 radical (unpaired) electrons. The lowest BCUT2D eigenvalue weighted by Gasteiger charge is -1.98. The number of nitrogens with zero attached hydrogens (tertiary/aromatic N) is 1. The molecular formula is C18H15BrN2OS. The molecule has 3 nitrogen and oxygen atoms in total. The topological polar surface area (TPSA) is 41.5 Å². The van der Waals surface area contributed by atoms with Crippen LogP contribution in [0.3, 0.4) is 0 Å². The van der Waals surface area contributed by atoms with E-state index < -0.39 is 0 Å². The van der Waals surface area contributed by atoms with Gasteiger partial charge in [-0.3, -0.25) is 4.79 Å². The molecule has 1 amide bonds. The van der Waals surface area contributed by atoms with Gasteiger partial charge >= 0.3 is 0 Å². The number of thioether (sulfide) groups is 1. The first-order valence-electron chi connectivity index (χ1n) is 7.28. The van der Waals surface area contributed by atoms with E-state index in [2.05, 4.69) is 45.3 Å². The van der Waals surface area contributed by atoms with E-state index in [1.165, 1.54) is 17.3 Å². The average molecular weight is 387 g/mol. The molecular weight excluding hydrogens is 372 g/mol. The highest BCUT2D eigenvalue weighted by Gasteiger charge is 2.23. The maximum Gasteiger partial charge on any atom is 0.264 e. The highest BCUT2D eigenvalue weighted by molar-refractivity contribution is 9.10. The van der Waals surface area contributed by atoms with E-state index >= 15 is 0 Å². The molecule has 1 aliphatic heterocycles. The van der Waals surface area contributed by atoms with Crippen LogP contribution in [0.2, 0.25) is 0 Å². The zero-order valence-electron chi connectivity index (χ0n) is 12.5. The van der Waals surface area contributed by atoms with Gasteiger partial charge in [0.1, 0.15) is 0 Å². The highest BCUT2D eigenvalue weighted by Crippen LogP contribution is 2.28. The Bertz CT molecular complexity index is 780. The summed E-state index contributed by atoms with van der Waals surface area (Å²) in [7, 11) is 0. The largest absolute Gasteiger partial charge is 0.300 e. The quantitative estimate of drug-likeness (QED) is 0.761. The van der Waals surface area contributed by atoms with Crippen molar-refractivity contribution in [1.82, 2.24) is 5.32 Å². The molecule has 5 heteroatoms. The Morgan fingerprint density at radius 2 is 1.83 bits per heavy atom. The number of hydrogen-bond acceptors (Lipinski definition) is 3. The summed E-state index contributed by atoms with van der Waals surface area (Å²) in [5.41, 5.74) is 3.11. The molecule has 23 heavy (non-hydrogen) atoms. The van der Waals surface area contributed by atoms with Crippen LogP contribution in [0.4, 0.5) is 5.69 Å². The van der Waals surface area contributed by atoms with Crippen LogP contribution in [-0.2, 0) is 11.2 Å². The van der Waals surface area contributed by atoms with E-state index in [0.29, 0.717) is 10.1 Å². The molecule has 0 bridgehead atoms. The zero-order chi connectivity index (χ0) is 16.2. The molecule has 0 spiro atoms. The van der Waals surface area contributed by atoms with Crippen LogP contribution >= 0.6 is 27.7 Å². The maximum atomic E-state index is 12.1. The van der Waals surface area contributed by atoms with Crippen molar-refractivity contribution in [2.45, 2.75) is 13.3 Å². The summed E-state index contributed by atoms with van der Waals surface area (Å²) in [5.74, 6) is -0.106. The van der Waals surface area contributed by atoms with Gasteiger partial charge in [0.2, 0.25) is 0 Å². The van der Waals surface area contributed by atoms with Crippen LogP contribution in [0.15, 0.2) is 62.9 Å². The zero-order valence-corrected chi connectivity index (χ0v) is 14.9. The second-order valence-electron chi connectivity index (χ2n) is 5.05. The van der Waals surface area contributed by atoms with E-state index in [-0.39, 0.29) is 5.91 Å². The molecule has 1 N–H and O–H groups in total. The Balaban J connectivity index is 1.78. The fraction of sp³-hybridized carbons (Fsp3) is 0.111. The lowest BCUT2D eigenvalue weighted by Crippen LogP contribution is -2.19. The lowest BCUT2D eigenvalue weighted by molar-refractivity contribution is -0.115. The van der Waals surface area contributed by atoms with E-state index in [1.54, 1.807) is 0 Å². The van der Waals surface area contributed by atoms with Crippen molar-refractivity contribution in [2.75, 3.05) is 0 Å². The predicted octanol–water partition coefficient (Wildman–Crippen LogP) is 4.90. The van der Waals surface area contributed by atoms with Crippen molar-refractivity contribution in [2.24, 2.45) is 4.99 Å². The number of rotatable bonds is 3.